The van der Waals surface area contributed by atoms with Crippen LogP contribution in [0.15, 0.2) is 18.2 Å². The molecule has 5 nitrogen and oxygen atoms in total. The number of nitrogens with one attached hydrogen (secondary N) is 1. The molecular weight excluding hydrogens is 259 g/mol. The molecule has 3 fully saturated rings. The number of hydrogen-bond acceptors (Lipinski definition) is 5. The number of fused-ring (bicyclic) bond motifs is 3. The first-order valence-corrected chi connectivity index (χ1v) is 6.99. The molecule has 3 N–H and O–H groups in total. The Morgan fingerprint density at radius 1 is 1.35 bits per heavy atom. The molecule has 0 aromatic heterocycles. The summed E-state index contributed by atoms with van der Waals surface area (Å²) in [6.45, 7) is 5.25. The molecule has 0 spiro atoms. The van der Waals surface area contributed by atoms with E-state index in [-0.39, 0.29) is 17.9 Å². The number of methoxy groups -OCH3 is 1. The summed E-state index contributed by atoms with van der Waals surface area (Å²) < 4.78 is 18.9. The first-order valence-electron chi connectivity index (χ1n) is 6.99. The second-order valence-electron chi connectivity index (χ2n) is 5.43. The molecule has 6 heteroatoms. The lowest BCUT2D eigenvalue weighted by atomic mass is 9.93. The van der Waals surface area contributed by atoms with E-state index in [1.54, 1.807) is 13.2 Å². The van der Waals surface area contributed by atoms with Crippen molar-refractivity contribution in [2.45, 2.75) is 12.1 Å². The van der Waals surface area contributed by atoms with Crippen molar-refractivity contribution in [3.05, 3.63) is 29.6 Å². The summed E-state index contributed by atoms with van der Waals surface area (Å²) in [7, 11) is 1.60. The highest BCUT2D eigenvalue weighted by Gasteiger charge is 2.38. The normalized spacial score (nSPS) is 30.2. The zero-order valence-corrected chi connectivity index (χ0v) is 11.7. The average molecular weight is 280 g/mol. The third-order valence-electron chi connectivity index (χ3n) is 4.41. The standard InChI is InChI=1S/C14H21FN4O/c1-20-13-3-2-10(15)8-11(13)14(17-16)12-9-18-4-6-19(12)7-5-18/h2-3,8,12,14,17H,4-7,9,16H2,1H3. The van der Waals surface area contributed by atoms with Gasteiger partial charge in [-0.1, -0.05) is 0 Å². The molecular formula is C14H21FN4O. The Morgan fingerprint density at radius 2 is 2.10 bits per heavy atom. The van der Waals surface area contributed by atoms with E-state index in [9.17, 15) is 4.39 Å². The Hall–Kier alpha value is -1.21. The molecule has 3 aliphatic rings. The molecule has 3 aliphatic heterocycles. The molecule has 0 amide bonds. The van der Waals surface area contributed by atoms with Crippen molar-refractivity contribution >= 4 is 0 Å². The van der Waals surface area contributed by atoms with Crippen molar-refractivity contribution in [2.75, 3.05) is 39.8 Å². The van der Waals surface area contributed by atoms with Crippen molar-refractivity contribution in [1.82, 2.24) is 15.2 Å². The van der Waals surface area contributed by atoms with Crippen LogP contribution < -0.4 is 16.0 Å². The minimum atomic E-state index is -0.266. The molecule has 4 rings (SSSR count). The SMILES string of the molecule is COc1ccc(F)cc1C(NN)C1CN2CCN1CC2. The van der Waals surface area contributed by atoms with Crippen LogP contribution in [-0.2, 0) is 0 Å². The maximum Gasteiger partial charge on any atom is 0.123 e. The minimum absolute atomic E-state index is 0.135. The molecule has 110 valence electrons. The van der Waals surface area contributed by atoms with Crippen molar-refractivity contribution in [3.63, 3.8) is 0 Å². The Labute approximate surface area is 118 Å². The van der Waals surface area contributed by atoms with E-state index < -0.39 is 0 Å². The molecule has 2 unspecified atom stereocenters. The van der Waals surface area contributed by atoms with Gasteiger partial charge in [0.05, 0.1) is 13.2 Å². The molecule has 1 aromatic carbocycles. The highest BCUT2D eigenvalue weighted by atomic mass is 19.1. The maximum atomic E-state index is 13.6. The van der Waals surface area contributed by atoms with Gasteiger partial charge in [-0.25, -0.2) is 4.39 Å². The van der Waals surface area contributed by atoms with Crippen molar-refractivity contribution in [3.8, 4) is 5.75 Å². The van der Waals surface area contributed by atoms with Crippen molar-refractivity contribution in [1.29, 1.82) is 0 Å². The van der Waals surface area contributed by atoms with Crippen LogP contribution in [0.5, 0.6) is 5.75 Å². The lowest BCUT2D eigenvalue weighted by molar-refractivity contribution is -0.00404. The Kier molecular flexibility index (Phi) is 3.89. The van der Waals surface area contributed by atoms with Gasteiger partial charge in [0.2, 0.25) is 0 Å². The van der Waals surface area contributed by atoms with E-state index in [1.807, 2.05) is 0 Å². The fourth-order valence-corrected chi connectivity index (χ4v) is 3.33. The zero-order chi connectivity index (χ0) is 14.1. The number of ether oxygens (including phenoxy) is 1. The Balaban J connectivity index is 1.91. The van der Waals surface area contributed by atoms with E-state index >= 15 is 0 Å². The molecule has 2 atom stereocenters. The van der Waals surface area contributed by atoms with Crippen LogP contribution in [0.1, 0.15) is 11.6 Å². The summed E-state index contributed by atoms with van der Waals surface area (Å²) in [6, 6.07) is 4.70. The topological polar surface area (TPSA) is 53.8 Å². The van der Waals surface area contributed by atoms with Gasteiger partial charge >= 0.3 is 0 Å². The molecule has 2 bridgehead atoms. The summed E-state index contributed by atoms with van der Waals surface area (Å²) in [6.07, 6.45) is 0. The number of rotatable bonds is 4. The van der Waals surface area contributed by atoms with Gasteiger partial charge in [0.25, 0.3) is 0 Å². The first-order chi connectivity index (χ1) is 9.72. The largest absolute Gasteiger partial charge is 0.496 e. The van der Waals surface area contributed by atoms with Gasteiger partial charge < -0.3 is 4.74 Å². The van der Waals surface area contributed by atoms with Gasteiger partial charge in [-0.15, -0.1) is 0 Å². The van der Waals surface area contributed by atoms with Crippen LogP contribution in [0.3, 0.4) is 0 Å². The predicted molar refractivity (Wildman–Crippen MR) is 74.8 cm³/mol. The Bertz CT molecular complexity index is 476. The van der Waals surface area contributed by atoms with Gasteiger partial charge in [0.15, 0.2) is 0 Å². The molecule has 0 aliphatic carbocycles. The quantitative estimate of drug-likeness (QED) is 0.615. The maximum absolute atomic E-state index is 13.6. The Morgan fingerprint density at radius 3 is 2.65 bits per heavy atom. The number of hydrogen-bond donors (Lipinski definition) is 2. The van der Waals surface area contributed by atoms with Crippen LogP contribution in [-0.4, -0.2) is 55.7 Å². The third-order valence-corrected chi connectivity index (χ3v) is 4.41. The van der Waals surface area contributed by atoms with Gasteiger partial charge in [0, 0.05) is 44.3 Å². The third kappa shape index (κ3) is 2.40. The van der Waals surface area contributed by atoms with Crippen LogP contribution >= 0.6 is 0 Å². The lowest BCUT2D eigenvalue weighted by Crippen LogP contribution is -2.64. The second kappa shape index (κ2) is 5.65. The number of piperazine rings is 3. The van der Waals surface area contributed by atoms with Gasteiger partial charge in [0.1, 0.15) is 11.6 Å². The summed E-state index contributed by atoms with van der Waals surface area (Å²) >= 11 is 0. The summed E-state index contributed by atoms with van der Waals surface area (Å²) in [5, 5.41) is 0. The molecule has 1 aromatic rings. The molecule has 3 saturated heterocycles. The van der Waals surface area contributed by atoms with Crippen LogP contribution in [0, 0.1) is 5.82 Å². The van der Waals surface area contributed by atoms with Gasteiger partial charge in [-0.3, -0.25) is 21.1 Å². The highest BCUT2D eigenvalue weighted by Crippen LogP contribution is 2.32. The highest BCUT2D eigenvalue weighted by molar-refractivity contribution is 5.37. The summed E-state index contributed by atoms with van der Waals surface area (Å²) in [4.78, 5) is 4.86. The van der Waals surface area contributed by atoms with Crippen molar-refractivity contribution < 1.29 is 9.13 Å². The number of nitrogens with two attached hydrogens (primary N) is 1. The average Bonchev–Trinajstić information content (AvgIpc) is 2.50. The van der Waals surface area contributed by atoms with Crippen LogP contribution in [0.2, 0.25) is 0 Å². The van der Waals surface area contributed by atoms with E-state index in [0.717, 1.165) is 38.3 Å². The van der Waals surface area contributed by atoms with Gasteiger partial charge in [-0.05, 0) is 18.2 Å². The second-order valence-corrected chi connectivity index (χ2v) is 5.43. The monoisotopic (exact) mass is 280 g/mol. The minimum Gasteiger partial charge on any atom is -0.496 e. The van der Waals surface area contributed by atoms with Crippen LogP contribution in [0.25, 0.3) is 0 Å². The smallest absolute Gasteiger partial charge is 0.123 e. The number of hydrazine groups is 1. The van der Waals surface area contributed by atoms with Gasteiger partial charge in [-0.2, -0.15) is 0 Å². The summed E-state index contributed by atoms with van der Waals surface area (Å²) in [5.74, 6) is 6.17. The predicted octanol–water partition coefficient (Wildman–Crippen LogP) is 0.339. The fraction of sp³-hybridized carbons (Fsp3) is 0.571. The lowest BCUT2D eigenvalue weighted by Gasteiger charge is -2.50. The van der Waals surface area contributed by atoms with E-state index in [1.165, 1.54) is 12.1 Å². The van der Waals surface area contributed by atoms with Crippen molar-refractivity contribution in [2.24, 2.45) is 5.84 Å². The zero-order valence-electron chi connectivity index (χ0n) is 11.7. The van der Waals surface area contributed by atoms with Crippen LogP contribution in [0.4, 0.5) is 4.39 Å². The molecule has 0 radical (unpaired) electrons. The molecule has 0 saturated carbocycles. The first kappa shape index (κ1) is 13.8. The number of nitrogens with zero attached hydrogens (tertiary/aromatic N) is 2. The molecule has 20 heavy (non-hydrogen) atoms. The van der Waals surface area contributed by atoms with E-state index in [2.05, 4.69) is 15.2 Å². The molecule has 3 heterocycles. The number of benzene rings is 1. The number of halogens is 1. The van der Waals surface area contributed by atoms with E-state index in [0.29, 0.717) is 5.75 Å². The summed E-state index contributed by atoms with van der Waals surface area (Å²) in [5.41, 5.74) is 3.65. The fourth-order valence-electron chi connectivity index (χ4n) is 3.33. The van der Waals surface area contributed by atoms with E-state index in [4.69, 9.17) is 10.6 Å².